The zero-order valence-corrected chi connectivity index (χ0v) is 16.1. The summed E-state index contributed by atoms with van der Waals surface area (Å²) in [5.41, 5.74) is 2.99. The lowest BCUT2D eigenvalue weighted by molar-refractivity contribution is 0.141. The molecule has 28 heavy (non-hydrogen) atoms. The molecule has 0 radical (unpaired) electrons. The highest BCUT2D eigenvalue weighted by molar-refractivity contribution is 7.96. The van der Waals surface area contributed by atoms with E-state index in [9.17, 15) is 18.4 Å². The number of halogens is 2. The van der Waals surface area contributed by atoms with E-state index in [-0.39, 0.29) is 24.3 Å². The molecule has 1 aliphatic carbocycles. The number of amides is 3. The van der Waals surface area contributed by atoms with Crippen LogP contribution in [0.25, 0.3) is 0 Å². The number of hydrogen-bond acceptors (Lipinski definition) is 5. The summed E-state index contributed by atoms with van der Waals surface area (Å²) in [7, 11) is 0. The molecular formula is C16H16F2N4O4S2. The van der Waals surface area contributed by atoms with Crippen LogP contribution in [0.1, 0.15) is 18.4 Å². The summed E-state index contributed by atoms with van der Waals surface area (Å²) >= 11 is 6.64. The number of nitrogens with zero attached hydrogens (tertiary/aromatic N) is 2. The minimum absolute atomic E-state index is 0.00666. The smallest absolute Gasteiger partial charge is 0.414 e. The van der Waals surface area contributed by atoms with E-state index in [1.54, 1.807) is 0 Å². The van der Waals surface area contributed by atoms with Gasteiger partial charge in [-0.1, -0.05) is 25.3 Å². The second-order valence-electron chi connectivity index (χ2n) is 6.12. The minimum Gasteiger partial charge on any atom is -0.442 e. The van der Waals surface area contributed by atoms with Crippen LogP contribution in [0.2, 0.25) is 0 Å². The predicted molar refractivity (Wildman–Crippen MR) is 101 cm³/mol. The molecule has 12 heteroatoms. The number of nitrogens with two attached hydrogens (primary N) is 1. The number of ether oxygens (including phenoxy) is 1. The third-order valence-electron chi connectivity index (χ3n) is 4.14. The molecule has 150 valence electrons. The van der Waals surface area contributed by atoms with Crippen molar-refractivity contribution in [2.75, 3.05) is 18.0 Å². The van der Waals surface area contributed by atoms with E-state index < -0.39 is 39.7 Å². The van der Waals surface area contributed by atoms with Gasteiger partial charge in [0.2, 0.25) is 0 Å². The molecule has 1 atom stereocenters. The SMILES string of the molecule is N#CC1(c2c(F)cc(N3CC(CNC(=O)S)OC3=O)cc2F)CC1.NC(=O)S. The molecule has 2 aliphatic rings. The molecule has 8 nitrogen and oxygen atoms in total. The van der Waals surface area contributed by atoms with Crippen molar-refractivity contribution in [2.24, 2.45) is 5.73 Å². The molecule has 0 bridgehead atoms. The van der Waals surface area contributed by atoms with E-state index >= 15 is 0 Å². The molecule has 1 aromatic carbocycles. The van der Waals surface area contributed by atoms with Crippen LogP contribution < -0.4 is 16.0 Å². The fourth-order valence-electron chi connectivity index (χ4n) is 2.76. The summed E-state index contributed by atoms with van der Waals surface area (Å²) in [6.07, 6.45) is -0.586. The average molecular weight is 430 g/mol. The lowest BCUT2D eigenvalue weighted by Crippen LogP contribution is -2.32. The van der Waals surface area contributed by atoms with Crippen LogP contribution in [-0.4, -0.2) is 35.8 Å². The van der Waals surface area contributed by atoms with Crippen LogP contribution in [0.3, 0.4) is 0 Å². The van der Waals surface area contributed by atoms with Gasteiger partial charge in [0.05, 0.1) is 30.3 Å². The Bertz CT molecular complexity index is 831. The number of rotatable bonds is 4. The van der Waals surface area contributed by atoms with Crippen molar-refractivity contribution in [1.82, 2.24) is 5.32 Å². The zero-order chi connectivity index (χ0) is 21.1. The first-order valence-corrected chi connectivity index (χ1v) is 8.83. The molecular weight excluding hydrogens is 414 g/mol. The van der Waals surface area contributed by atoms with Crippen LogP contribution in [0.5, 0.6) is 0 Å². The Morgan fingerprint density at radius 2 is 1.89 bits per heavy atom. The van der Waals surface area contributed by atoms with E-state index in [2.05, 4.69) is 36.3 Å². The lowest BCUT2D eigenvalue weighted by atomic mass is 9.96. The first-order chi connectivity index (χ1) is 13.1. The van der Waals surface area contributed by atoms with Gasteiger partial charge < -0.3 is 15.8 Å². The summed E-state index contributed by atoms with van der Waals surface area (Å²) in [4.78, 5) is 32.8. The normalized spacial score (nSPS) is 19.0. The van der Waals surface area contributed by atoms with Gasteiger partial charge in [0.25, 0.3) is 10.5 Å². The molecule has 1 unspecified atom stereocenters. The maximum atomic E-state index is 14.3. The summed E-state index contributed by atoms with van der Waals surface area (Å²) < 4.78 is 33.7. The van der Waals surface area contributed by atoms with Crippen LogP contribution in [0, 0.1) is 23.0 Å². The van der Waals surface area contributed by atoms with Gasteiger partial charge in [-0.2, -0.15) is 5.26 Å². The van der Waals surface area contributed by atoms with E-state index in [0.717, 1.165) is 17.0 Å². The highest BCUT2D eigenvalue weighted by Crippen LogP contribution is 2.50. The standard InChI is InChI=1S/C15H13F2N3O3S.CH3NOS/c16-10-3-8(4-11(17)12(10)15(7-18)1-2-15)20-6-9(23-14(20)22)5-19-13(21)24;2-1(3)4/h3-4,9H,1-2,5-6H2,(H2,19,21,24);(H3,2,3,4). The van der Waals surface area contributed by atoms with Crippen molar-refractivity contribution in [3.05, 3.63) is 29.3 Å². The van der Waals surface area contributed by atoms with Crippen LogP contribution in [0.4, 0.5) is 28.9 Å². The monoisotopic (exact) mass is 430 g/mol. The Labute approximate surface area is 169 Å². The van der Waals surface area contributed by atoms with Gasteiger partial charge in [-0.15, -0.1) is 0 Å². The van der Waals surface area contributed by atoms with Gasteiger partial charge >= 0.3 is 6.09 Å². The lowest BCUT2D eigenvalue weighted by Gasteiger charge is -2.16. The summed E-state index contributed by atoms with van der Waals surface area (Å²) in [6, 6.07) is 4.00. The first-order valence-electron chi connectivity index (χ1n) is 7.93. The Kier molecular flexibility index (Phi) is 6.73. The number of primary amides is 1. The van der Waals surface area contributed by atoms with Crippen molar-refractivity contribution in [3.63, 3.8) is 0 Å². The predicted octanol–water partition coefficient (Wildman–Crippen LogP) is 2.48. The fraction of sp³-hybridized carbons (Fsp3) is 0.375. The molecule has 3 amide bonds. The quantitative estimate of drug-likeness (QED) is 0.546. The van der Waals surface area contributed by atoms with E-state index in [1.165, 1.54) is 0 Å². The summed E-state index contributed by atoms with van der Waals surface area (Å²) in [5.74, 6) is -1.71. The number of nitrogens with one attached hydrogen (secondary N) is 1. The van der Waals surface area contributed by atoms with Gasteiger partial charge in [-0.3, -0.25) is 14.5 Å². The Balaban J connectivity index is 0.000000640. The molecule has 0 spiro atoms. The minimum atomic E-state index is -1.10. The molecule has 3 rings (SSSR count). The molecule has 1 saturated heterocycles. The van der Waals surface area contributed by atoms with Gasteiger partial charge in [-0.05, 0) is 25.0 Å². The second kappa shape index (κ2) is 8.66. The highest BCUT2D eigenvalue weighted by atomic mass is 32.1. The number of carbonyl (C=O) groups excluding carboxylic acids is 3. The van der Waals surface area contributed by atoms with E-state index in [4.69, 9.17) is 14.8 Å². The number of nitriles is 1. The summed E-state index contributed by atoms with van der Waals surface area (Å²) in [6.45, 7) is 0.0830. The van der Waals surface area contributed by atoms with Crippen LogP contribution in [-0.2, 0) is 10.2 Å². The van der Waals surface area contributed by atoms with Crippen molar-refractivity contribution in [2.45, 2.75) is 24.4 Å². The highest BCUT2D eigenvalue weighted by Gasteiger charge is 2.49. The molecule has 0 aromatic heterocycles. The second-order valence-corrected chi connectivity index (χ2v) is 6.97. The Morgan fingerprint density at radius 1 is 1.36 bits per heavy atom. The molecule has 1 aliphatic heterocycles. The number of hydrogen-bond donors (Lipinski definition) is 4. The van der Waals surface area contributed by atoms with Gasteiger partial charge in [0, 0.05) is 5.56 Å². The van der Waals surface area contributed by atoms with Crippen molar-refractivity contribution >= 4 is 47.5 Å². The first kappa shape index (κ1) is 21.8. The van der Waals surface area contributed by atoms with Crippen molar-refractivity contribution in [3.8, 4) is 6.07 Å². The van der Waals surface area contributed by atoms with Gasteiger partial charge in [-0.25, -0.2) is 13.6 Å². The number of cyclic esters (lactones) is 1. The largest absolute Gasteiger partial charge is 0.442 e. The Morgan fingerprint density at radius 3 is 2.32 bits per heavy atom. The maximum Gasteiger partial charge on any atom is 0.414 e. The Hall–Kier alpha value is -2.52. The van der Waals surface area contributed by atoms with Gasteiger partial charge in [0.1, 0.15) is 17.7 Å². The van der Waals surface area contributed by atoms with E-state index in [0.29, 0.717) is 12.8 Å². The molecule has 1 saturated carbocycles. The van der Waals surface area contributed by atoms with Gasteiger partial charge in [0.15, 0.2) is 0 Å². The number of carbonyl (C=O) groups is 3. The number of benzene rings is 1. The molecule has 3 N–H and O–H groups in total. The third kappa shape index (κ3) is 5.05. The van der Waals surface area contributed by atoms with Crippen LogP contribution >= 0.6 is 25.3 Å². The molecule has 1 heterocycles. The van der Waals surface area contributed by atoms with Crippen molar-refractivity contribution in [1.29, 1.82) is 5.26 Å². The molecule has 1 aromatic rings. The number of anilines is 1. The maximum absolute atomic E-state index is 14.3. The molecule has 2 fully saturated rings. The number of thiol groups is 2. The van der Waals surface area contributed by atoms with E-state index in [1.807, 2.05) is 6.07 Å². The third-order valence-corrected chi connectivity index (χ3v) is 4.29. The summed E-state index contributed by atoms with van der Waals surface area (Å²) in [5, 5.41) is 10.3. The average Bonchev–Trinajstić information content (AvgIpc) is 3.27. The topological polar surface area (TPSA) is 126 Å². The zero-order valence-electron chi connectivity index (χ0n) is 14.3. The fourth-order valence-corrected chi connectivity index (χ4v) is 2.85. The van der Waals surface area contributed by atoms with Crippen LogP contribution in [0.15, 0.2) is 12.1 Å². The van der Waals surface area contributed by atoms with Crippen molar-refractivity contribution < 1.29 is 27.9 Å².